The third kappa shape index (κ3) is 3.05. The summed E-state index contributed by atoms with van der Waals surface area (Å²) < 4.78 is 16.1. The van der Waals surface area contributed by atoms with Gasteiger partial charge in [-0.15, -0.1) is 0 Å². The zero-order chi connectivity index (χ0) is 14.0. The first-order valence-corrected chi connectivity index (χ1v) is 7.01. The highest BCUT2D eigenvalue weighted by atomic mass is 31.2. The normalized spacial score (nSPS) is 21.9. The molecule has 0 aromatic heterocycles. The van der Waals surface area contributed by atoms with E-state index >= 15 is 0 Å². The molecule has 5 nitrogen and oxygen atoms in total. The van der Waals surface area contributed by atoms with Gasteiger partial charge in [0.25, 0.3) is 0 Å². The van der Waals surface area contributed by atoms with Gasteiger partial charge in [0.05, 0.1) is 11.6 Å². The highest BCUT2D eigenvalue weighted by Crippen LogP contribution is 2.42. The van der Waals surface area contributed by atoms with E-state index in [-0.39, 0.29) is 6.10 Å². The number of hydrogen-bond acceptors (Lipinski definition) is 5. The van der Waals surface area contributed by atoms with Gasteiger partial charge in [0.2, 0.25) is 0 Å². The number of benzene rings is 1. The minimum absolute atomic E-state index is 0.329. The molecule has 0 spiro atoms. The second kappa shape index (κ2) is 5.44. The van der Waals surface area contributed by atoms with Crippen molar-refractivity contribution in [3.05, 3.63) is 29.3 Å². The van der Waals surface area contributed by atoms with E-state index < -0.39 is 14.2 Å². The van der Waals surface area contributed by atoms with E-state index in [1.54, 1.807) is 18.2 Å². The molecule has 1 aromatic carbocycles. The second-order valence-electron chi connectivity index (χ2n) is 4.86. The Labute approximate surface area is 113 Å². The van der Waals surface area contributed by atoms with Gasteiger partial charge in [-0.1, -0.05) is 0 Å². The molecule has 1 aromatic rings. The molecule has 2 atom stereocenters. The number of hydrogen-bond donors (Lipinski definition) is 1. The van der Waals surface area contributed by atoms with Crippen LogP contribution in [0.3, 0.4) is 0 Å². The molecule has 0 aliphatic carbocycles. The minimum Gasteiger partial charge on any atom is -0.485 e. The van der Waals surface area contributed by atoms with Crippen molar-refractivity contribution in [3.8, 4) is 11.8 Å². The summed E-state index contributed by atoms with van der Waals surface area (Å²) in [5, 5.41) is 8.91. The first kappa shape index (κ1) is 14.2. The Bertz CT molecular complexity index is 512. The number of fused-ring (bicyclic) bond motifs is 1. The van der Waals surface area contributed by atoms with E-state index in [4.69, 9.17) is 19.0 Å². The van der Waals surface area contributed by atoms with Crippen LogP contribution in [-0.4, -0.2) is 23.7 Å². The van der Waals surface area contributed by atoms with E-state index in [0.717, 1.165) is 11.3 Å². The van der Waals surface area contributed by atoms with Crippen molar-refractivity contribution in [1.29, 1.82) is 5.26 Å². The Hall–Kier alpha value is -1.18. The van der Waals surface area contributed by atoms with Crippen molar-refractivity contribution in [2.75, 3.05) is 7.11 Å². The average Bonchev–Trinajstić information content (AvgIpc) is 2.38. The van der Waals surface area contributed by atoms with Crippen LogP contribution in [0.15, 0.2) is 18.2 Å². The van der Waals surface area contributed by atoms with Crippen LogP contribution < -0.4 is 4.74 Å². The van der Waals surface area contributed by atoms with Gasteiger partial charge < -0.3 is 18.7 Å². The lowest BCUT2D eigenvalue weighted by atomic mass is 9.90. The summed E-state index contributed by atoms with van der Waals surface area (Å²) in [6.45, 7) is 3.80. The van der Waals surface area contributed by atoms with E-state index in [1.807, 2.05) is 13.8 Å². The first-order valence-electron chi connectivity index (χ1n) is 5.88. The van der Waals surface area contributed by atoms with Crippen LogP contribution >= 0.6 is 8.60 Å². The van der Waals surface area contributed by atoms with Crippen molar-refractivity contribution in [1.82, 2.24) is 0 Å². The lowest BCUT2D eigenvalue weighted by Gasteiger charge is -2.39. The molecule has 2 unspecified atom stereocenters. The largest absolute Gasteiger partial charge is 0.485 e. The van der Waals surface area contributed by atoms with Gasteiger partial charge in [-0.05, 0) is 37.6 Å². The van der Waals surface area contributed by atoms with Crippen molar-refractivity contribution >= 4 is 8.60 Å². The molecule has 0 saturated heterocycles. The topological polar surface area (TPSA) is 71.7 Å². The Morgan fingerprint density at radius 2 is 2.26 bits per heavy atom. The van der Waals surface area contributed by atoms with E-state index in [9.17, 15) is 4.89 Å². The quantitative estimate of drug-likeness (QED) is 0.862. The molecule has 19 heavy (non-hydrogen) atoms. The summed E-state index contributed by atoms with van der Waals surface area (Å²) >= 11 is 0. The molecule has 2 rings (SSSR count). The predicted octanol–water partition coefficient (Wildman–Crippen LogP) is 2.52. The molecule has 0 radical (unpaired) electrons. The van der Waals surface area contributed by atoms with Gasteiger partial charge >= 0.3 is 8.60 Å². The molecule has 0 bridgehead atoms. The maximum atomic E-state index is 9.50. The fourth-order valence-corrected chi connectivity index (χ4v) is 2.65. The summed E-state index contributed by atoms with van der Waals surface area (Å²) in [5.74, 6) is 0.753. The number of nitriles is 1. The molecule has 1 aliphatic heterocycles. The van der Waals surface area contributed by atoms with E-state index in [1.165, 1.54) is 7.11 Å². The minimum atomic E-state index is -1.91. The monoisotopic (exact) mass is 281 g/mol. The smallest absolute Gasteiger partial charge is 0.329 e. The van der Waals surface area contributed by atoms with Crippen LogP contribution in [0.5, 0.6) is 5.75 Å². The first-order chi connectivity index (χ1) is 8.96. The molecule has 1 aliphatic rings. The van der Waals surface area contributed by atoms with Crippen LogP contribution in [0.25, 0.3) is 0 Å². The Balaban J connectivity index is 2.27. The Morgan fingerprint density at radius 1 is 1.53 bits per heavy atom. The summed E-state index contributed by atoms with van der Waals surface area (Å²) in [6.07, 6.45) is 0.241. The van der Waals surface area contributed by atoms with Crippen LogP contribution in [-0.2, 0) is 15.5 Å². The maximum absolute atomic E-state index is 9.50. The zero-order valence-electron chi connectivity index (χ0n) is 11.1. The Morgan fingerprint density at radius 3 is 2.89 bits per heavy atom. The third-order valence-electron chi connectivity index (χ3n) is 3.12. The molecule has 102 valence electrons. The van der Waals surface area contributed by atoms with Crippen molar-refractivity contribution in [2.24, 2.45) is 0 Å². The summed E-state index contributed by atoms with van der Waals surface area (Å²) in [4.78, 5) is 9.50. The third-order valence-corrected chi connectivity index (χ3v) is 3.86. The molecule has 1 N–H and O–H groups in total. The summed E-state index contributed by atoms with van der Waals surface area (Å²) in [7, 11) is -0.512. The van der Waals surface area contributed by atoms with Crippen molar-refractivity contribution < 1.29 is 18.7 Å². The Kier molecular flexibility index (Phi) is 4.07. The molecular weight excluding hydrogens is 265 g/mol. The van der Waals surface area contributed by atoms with Gasteiger partial charge in [0.15, 0.2) is 0 Å². The van der Waals surface area contributed by atoms with Crippen LogP contribution in [0.1, 0.15) is 25.0 Å². The molecule has 0 fully saturated rings. The van der Waals surface area contributed by atoms with Gasteiger partial charge in [-0.25, -0.2) is 0 Å². The second-order valence-corrected chi connectivity index (χ2v) is 5.91. The molecule has 1 heterocycles. The number of rotatable bonds is 3. The molecule has 6 heteroatoms. The van der Waals surface area contributed by atoms with E-state index in [2.05, 4.69) is 6.07 Å². The highest BCUT2D eigenvalue weighted by Gasteiger charge is 2.39. The van der Waals surface area contributed by atoms with Crippen LogP contribution in [0.2, 0.25) is 0 Å². The fraction of sp³-hybridized carbons (Fsp3) is 0.462. The lowest BCUT2D eigenvalue weighted by Crippen LogP contribution is -2.47. The van der Waals surface area contributed by atoms with Crippen molar-refractivity contribution in [2.45, 2.75) is 32.0 Å². The highest BCUT2D eigenvalue weighted by molar-refractivity contribution is 7.40. The zero-order valence-corrected chi connectivity index (χ0v) is 12.0. The maximum Gasteiger partial charge on any atom is 0.329 e. The average molecular weight is 281 g/mol. The predicted molar refractivity (Wildman–Crippen MR) is 70.6 cm³/mol. The van der Waals surface area contributed by atoms with Crippen LogP contribution in [0.4, 0.5) is 0 Å². The van der Waals surface area contributed by atoms with Gasteiger partial charge in [-0.2, -0.15) is 5.26 Å². The lowest BCUT2D eigenvalue weighted by molar-refractivity contribution is -0.0330. The van der Waals surface area contributed by atoms with Gasteiger partial charge in [-0.3, -0.25) is 0 Å². The standard InChI is InChI=1S/C13H16NO4P/c1-13(2)12(18-19(15)16-3)7-10-6-9(8-14)4-5-11(10)17-13/h4-6,12,15H,7H2,1-3H3. The van der Waals surface area contributed by atoms with Gasteiger partial charge in [0, 0.05) is 13.5 Å². The number of ether oxygens (including phenoxy) is 1. The van der Waals surface area contributed by atoms with Crippen LogP contribution in [0, 0.1) is 11.3 Å². The number of nitrogens with zero attached hydrogens (tertiary/aromatic N) is 1. The van der Waals surface area contributed by atoms with Crippen molar-refractivity contribution in [3.63, 3.8) is 0 Å². The SMILES string of the molecule is COP(O)OC1Cc2cc(C#N)ccc2OC1(C)C. The molecule has 0 saturated carbocycles. The summed E-state index contributed by atoms with van der Waals surface area (Å²) in [6, 6.07) is 7.41. The summed E-state index contributed by atoms with van der Waals surface area (Å²) in [5.41, 5.74) is 0.921. The fourth-order valence-electron chi connectivity index (χ4n) is 2.02. The van der Waals surface area contributed by atoms with E-state index in [0.29, 0.717) is 12.0 Å². The molecule has 0 amide bonds. The molecular formula is C13H16NO4P. The van der Waals surface area contributed by atoms with Gasteiger partial charge in [0.1, 0.15) is 17.5 Å².